The monoisotopic (exact) mass is 331 g/mol. The number of benzene rings is 1. The van der Waals surface area contributed by atoms with Gasteiger partial charge in [-0.05, 0) is 32.3 Å². The first-order valence-corrected chi connectivity index (χ1v) is 9.03. The van der Waals surface area contributed by atoms with Gasteiger partial charge in [-0.15, -0.1) is 0 Å². The molecule has 2 saturated heterocycles. The molecule has 4 atom stereocenters. The first kappa shape index (κ1) is 17.4. The van der Waals surface area contributed by atoms with E-state index in [9.17, 15) is 4.79 Å². The van der Waals surface area contributed by atoms with Crippen LogP contribution in [0.4, 0.5) is 0 Å². The molecule has 24 heavy (non-hydrogen) atoms. The highest BCUT2D eigenvalue weighted by molar-refractivity contribution is 5.83. The van der Waals surface area contributed by atoms with E-state index in [0.717, 1.165) is 44.6 Å². The zero-order chi connectivity index (χ0) is 17.1. The number of likely N-dealkylation sites (tertiary alicyclic amines) is 1. The molecule has 5 nitrogen and oxygen atoms in total. The molecule has 0 radical (unpaired) electrons. The fraction of sp³-hybridized carbons (Fsp3) is 0.632. The predicted molar refractivity (Wildman–Crippen MR) is 94.6 cm³/mol. The Morgan fingerprint density at radius 1 is 1.25 bits per heavy atom. The number of nitrogens with zero attached hydrogens (tertiary/aromatic N) is 2. The van der Waals surface area contributed by atoms with Crippen LogP contribution in [0.3, 0.4) is 0 Å². The van der Waals surface area contributed by atoms with Gasteiger partial charge in [0.15, 0.2) is 0 Å². The molecule has 1 amide bonds. The van der Waals surface area contributed by atoms with E-state index in [1.165, 1.54) is 0 Å². The molecule has 0 saturated carbocycles. The molecule has 0 bridgehead atoms. The zero-order valence-electron chi connectivity index (χ0n) is 14.7. The summed E-state index contributed by atoms with van der Waals surface area (Å²) >= 11 is 0. The van der Waals surface area contributed by atoms with Crippen LogP contribution in [0.25, 0.3) is 0 Å². The van der Waals surface area contributed by atoms with Gasteiger partial charge in [0.1, 0.15) is 6.04 Å². The van der Waals surface area contributed by atoms with Gasteiger partial charge < -0.3 is 15.4 Å². The van der Waals surface area contributed by atoms with Gasteiger partial charge >= 0.3 is 0 Å². The average Bonchev–Trinajstić information content (AvgIpc) is 3.01. The second-order valence-corrected chi connectivity index (χ2v) is 7.19. The van der Waals surface area contributed by atoms with E-state index in [2.05, 4.69) is 18.7 Å². The predicted octanol–water partition coefficient (Wildman–Crippen LogP) is 1.79. The van der Waals surface area contributed by atoms with Gasteiger partial charge in [0.2, 0.25) is 5.91 Å². The van der Waals surface area contributed by atoms with E-state index < -0.39 is 6.04 Å². The van der Waals surface area contributed by atoms with Gasteiger partial charge in [0, 0.05) is 32.2 Å². The zero-order valence-corrected chi connectivity index (χ0v) is 14.7. The number of carbonyl (C=O) groups is 1. The summed E-state index contributed by atoms with van der Waals surface area (Å²) in [5.41, 5.74) is 7.12. The van der Waals surface area contributed by atoms with Crippen LogP contribution in [0.5, 0.6) is 0 Å². The highest BCUT2D eigenvalue weighted by atomic mass is 16.5. The van der Waals surface area contributed by atoms with Crippen molar-refractivity contribution in [2.75, 3.05) is 26.2 Å². The molecule has 1 aromatic rings. The number of carbonyl (C=O) groups excluding carboxylic acids is 1. The Hall–Kier alpha value is -1.43. The van der Waals surface area contributed by atoms with Gasteiger partial charge in [-0.2, -0.15) is 0 Å². The van der Waals surface area contributed by atoms with Crippen molar-refractivity contribution in [1.29, 1.82) is 0 Å². The van der Waals surface area contributed by atoms with Crippen LogP contribution in [-0.2, 0) is 9.53 Å². The van der Waals surface area contributed by atoms with E-state index in [1.807, 2.05) is 35.2 Å². The number of nitrogens with two attached hydrogens (primary N) is 1. The molecule has 0 spiro atoms. The lowest BCUT2D eigenvalue weighted by atomic mass is 10.1. The van der Waals surface area contributed by atoms with Crippen LogP contribution in [0.15, 0.2) is 30.3 Å². The van der Waals surface area contributed by atoms with Crippen molar-refractivity contribution >= 4 is 5.91 Å². The smallest absolute Gasteiger partial charge is 0.244 e. The van der Waals surface area contributed by atoms with Crippen molar-refractivity contribution in [3.63, 3.8) is 0 Å². The normalized spacial score (nSPS) is 29.6. The molecule has 5 heteroatoms. The Kier molecular flexibility index (Phi) is 5.54. The minimum atomic E-state index is -0.561. The van der Waals surface area contributed by atoms with Crippen LogP contribution in [0, 0.1) is 0 Å². The van der Waals surface area contributed by atoms with Crippen LogP contribution in [0.1, 0.15) is 38.3 Å². The Morgan fingerprint density at radius 2 is 1.92 bits per heavy atom. The molecule has 2 aliphatic heterocycles. The lowest BCUT2D eigenvalue weighted by molar-refractivity contribution is -0.134. The topological polar surface area (TPSA) is 58.8 Å². The lowest BCUT2D eigenvalue weighted by Crippen LogP contribution is -2.51. The first-order valence-electron chi connectivity index (χ1n) is 9.03. The molecule has 2 heterocycles. The molecule has 0 unspecified atom stereocenters. The van der Waals surface area contributed by atoms with Crippen molar-refractivity contribution in [2.24, 2.45) is 5.73 Å². The van der Waals surface area contributed by atoms with Crippen LogP contribution in [-0.4, -0.2) is 60.1 Å². The molecule has 0 aromatic heterocycles. The lowest BCUT2D eigenvalue weighted by Gasteiger charge is -2.38. The van der Waals surface area contributed by atoms with Gasteiger partial charge in [-0.25, -0.2) is 0 Å². The van der Waals surface area contributed by atoms with Crippen LogP contribution < -0.4 is 5.73 Å². The fourth-order valence-corrected chi connectivity index (χ4v) is 4.03. The Labute approximate surface area is 144 Å². The highest BCUT2D eigenvalue weighted by Crippen LogP contribution is 2.24. The maximum absolute atomic E-state index is 12.9. The number of hydrogen-bond acceptors (Lipinski definition) is 4. The summed E-state index contributed by atoms with van der Waals surface area (Å²) in [5.74, 6) is 0.0538. The minimum Gasteiger partial charge on any atom is -0.373 e. The van der Waals surface area contributed by atoms with Gasteiger partial charge in [0.05, 0.1) is 12.2 Å². The molecular weight excluding hydrogens is 302 g/mol. The summed E-state index contributed by atoms with van der Waals surface area (Å²) in [6, 6.07) is 9.37. The number of morpholine rings is 1. The van der Waals surface area contributed by atoms with E-state index >= 15 is 0 Å². The summed E-state index contributed by atoms with van der Waals surface area (Å²) in [6.07, 6.45) is 2.64. The van der Waals surface area contributed by atoms with Crippen molar-refractivity contribution in [3.05, 3.63) is 35.9 Å². The average molecular weight is 331 g/mol. The Balaban J connectivity index is 1.63. The summed E-state index contributed by atoms with van der Waals surface area (Å²) in [6.45, 7) is 7.85. The van der Waals surface area contributed by atoms with Gasteiger partial charge in [0.25, 0.3) is 0 Å². The minimum absolute atomic E-state index is 0.0538. The molecule has 0 aliphatic carbocycles. The summed E-state index contributed by atoms with van der Waals surface area (Å²) in [7, 11) is 0. The molecule has 2 fully saturated rings. The van der Waals surface area contributed by atoms with E-state index in [4.69, 9.17) is 10.5 Å². The van der Waals surface area contributed by atoms with Crippen molar-refractivity contribution in [2.45, 2.75) is 51.0 Å². The van der Waals surface area contributed by atoms with Crippen molar-refractivity contribution in [3.8, 4) is 0 Å². The first-order chi connectivity index (χ1) is 11.5. The van der Waals surface area contributed by atoms with Gasteiger partial charge in [-0.1, -0.05) is 30.3 Å². The van der Waals surface area contributed by atoms with Crippen molar-refractivity contribution in [1.82, 2.24) is 9.80 Å². The number of hydrogen-bond donors (Lipinski definition) is 1. The summed E-state index contributed by atoms with van der Waals surface area (Å²) in [4.78, 5) is 17.3. The molecule has 1 aromatic carbocycles. The summed E-state index contributed by atoms with van der Waals surface area (Å²) in [5, 5.41) is 0. The Bertz CT molecular complexity index is 541. The fourth-order valence-electron chi connectivity index (χ4n) is 4.03. The maximum atomic E-state index is 12.9. The van der Waals surface area contributed by atoms with E-state index in [-0.39, 0.29) is 24.2 Å². The second-order valence-electron chi connectivity index (χ2n) is 7.19. The number of ether oxygens (including phenoxy) is 1. The molecular formula is C19H29N3O2. The SMILES string of the molecule is C[C@@H]1CN(C[C@@H]2CCCN2C(=O)[C@H](N)c2ccccc2)C[C@@H](C)O1. The second kappa shape index (κ2) is 7.64. The third-order valence-corrected chi connectivity index (χ3v) is 5.05. The van der Waals surface area contributed by atoms with Crippen LogP contribution in [0.2, 0.25) is 0 Å². The molecule has 2 N–H and O–H groups in total. The van der Waals surface area contributed by atoms with Gasteiger partial charge in [-0.3, -0.25) is 9.69 Å². The molecule has 2 aliphatic rings. The van der Waals surface area contributed by atoms with E-state index in [0.29, 0.717) is 0 Å². The number of amides is 1. The number of rotatable bonds is 4. The standard InChI is InChI=1S/C19H29N3O2/c1-14-11-21(12-15(2)24-14)13-17-9-6-10-22(17)19(23)18(20)16-7-4-3-5-8-16/h3-5,7-8,14-15,17-18H,6,9-13,20H2,1-2H3/t14-,15-,17+,18-/m1/s1. The highest BCUT2D eigenvalue weighted by Gasteiger charge is 2.34. The summed E-state index contributed by atoms with van der Waals surface area (Å²) < 4.78 is 5.81. The Morgan fingerprint density at radius 3 is 2.58 bits per heavy atom. The van der Waals surface area contributed by atoms with Crippen molar-refractivity contribution < 1.29 is 9.53 Å². The largest absolute Gasteiger partial charge is 0.373 e. The quantitative estimate of drug-likeness (QED) is 0.914. The third kappa shape index (κ3) is 3.97. The van der Waals surface area contributed by atoms with E-state index in [1.54, 1.807) is 0 Å². The third-order valence-electron chi connectivity index (χ3n) is 5.05. The molecule has 3 rings (SSSR count). The molecule has 132 valence electrons. The maximum Gasteiger partial charge on any atom is 0.244 e. The van der Waals surface area contributed by atoms with Crippen LogP contribution >= 0.6 is 0 Å².